The number of anilines is 6. The first-order chi connectivity index (χ1) is 50.4. The summed E-state index contributed by atoms with van der Waals surface area (Å²) in [5.41, 5.74) is 7.64. The summed E-state index contributed by atoms with van der Waals surface area (Å²) in [5, 5.41) is 124. The Balaban J connectivity index is 0.000000335. The number of piperazine rings is 1. The molecule has 2 heterocycles. The van der Waals surface area contributed by atoms with Crippen molar-refractivity contribution in [1.29, 1.82) is 0 Å². The van der Waals surface area contributed by atoms with Gasteiger partial charge in [-0.05, 0) is 84.9 Å². The molecule has 582 valence electrons. The Hall–Kier alpha value is -8.06. The number of nitrogens with one attached hydrogen (secondary N) is 4. The number of aryl methyl sites for hydroxylation is 1. The van der Waals surface area contributed by atoms with Crippen molar-refractivity contribution < 1.29 is 90.0 Å². The van der Waals surface area contributed by atoms with E-state index in [1.807, 2.05) is 102 Å². The van der Waals surface area contributed by atoms with Gasteiger partial charge in [-0.2, -0.15) is 0 Å². The number of aliphatic hydroxyl groups excluding tert-OH is 12. The number of fused-ring (bicyclic) bond motifs is 3. The van der Waals surface area contributed by atoms with E-state index in [1.54, 1.807) is 9.80 Å². The highest BCUT2D eigenvalue weighted by Gasteiger charge is 2.25. The van der Waals surface area contributed by atoms with Crippen molar-refractivity contribution in [2.75, 3.05) is 256 Å². The van der Waals surface area contributed by atoms with Gasteiger partial charge in [0, 0.05) is 253 Å². The zero-order valence-electron chi connectivity index (χ0n) is 60.7. The minimum atomic E-state index is -0.143. The normalized spacial score (nSPS) is 12.0. The van der Waals surface area contributed by atoms with Gasteiger partial charge in [-0.1, -0.05) is 0 Å². The fourth-order valence-corrected chi connectivity index (χ4v) is 11.8. The van der Waals surface area contributed by atoms with E-state index in [0.717, 1.165) is 55.9 Å². The summed E-state index contributed by atoms with van der Waals surface area (Å²) in [5.74, 6) is -0.456. The molecule has 0 atom stereocenters. The lowest BCUT2D eigenvalue weighted by molar-refractivity contribution is -0.140. The molecule has 0 saturated carbocycles. The van der Waals surface area contributed by atoms with Gasteiger partial charge in [0.25, 0.3) is 0 Å². The monoisotopic (exact) mass is 1460 g/mol. The van der Waals surface area contributed by atoms with E-state index in [-0.39, 0.29) is 193 Å². The maximum atomic E-state index is 12.4. The molecule has 0 aliphatic carbocycles. The van der Waals surface area contributed by atoms with E-state index in [9.17, 15) is 28.8 Å². The maximum Gasteiger partial charge on any atom is 0.224 e. The fourth-order valence-electron chi connectivity index (χ4n) is 11.8. The number of amides is 6. The molecule has 4 aromatic carbocycles. The highest BCUT2D eigenvalue weighted by molar-refractivity contribution is 6.10. The molecule has 104 heavy (non-hydrogen) atoms. The number of hydrogen-bond acceptors (Lipinski definition) is 25. The molecule has 16 N–H and O–H groups in total. The van der Waals surface area contributed by atoms with Crippen LogP contribution in [0.25, 0.3) is 21.8 Å². The molecule has 1 aliphatic heterocycles. The molecule has 5 aromatic rings. The number of rotatable bonds is 48. The van der Waals surface area contributed by atoms with Crippen LogP contribution >= 0.6 is 0 Å². The predicted octanol–water partition coefficient (Wildman–Crippen LogP) is -1.74. The summed E-state index contributed by atoms with van der Waals surface area (Å²) in [7, 11) is 3.98. The van der Waals surface area contributed by atoms with E-state index in [4.69, 9.17) is 61.3 Å². The van der Waals surface area contributed by atoms with Crippen LogP contribution < -0.4 is 26.2 Å². The molecule has 1 saturated heterocycles. The first-order valence-electron chi connectivity index (χ1n) is 35.7. The standard InChI is InChI=1S/C27H39N5O6.C27H41N5O6.C18H36N4O6/c1-30-24-4-2-20(28-8-6-26(37)31(10-14-33)11-15-34)18-22(24)23-19-21(3-5-25(23)30)29-9-7-27(38)32(12-16-35)13-17-36;1-30(24-6-2-22(3-7-24)28-12-10-26(37)31(14-18-33)15-19-34)25-8-4-23(5-9-25)29-13-11-27(38)32(16-20-35)17-21-36;23-13-9-19(10-14-24)3-1-17(27)21-5-7-22(8-6-21)18(28)2-4-20(11-15-25)12-16-26/h2-5,18-19,28-29,33-36H,6-17H2,1H3;2-9,28-29,33-36H,10-21H2,1H3;23-26H,1-16H2. The Bertz CT molecular complexity index is 3010. The Morgan fingerprint density at radius 1 is 0.327 bits per heavy atom. The minimum Gasteiger partial charge on any atom is -0.395 e. The largest absolute Gasteiger partial charge is 0.395 e. The SMILES string of the molecule is CN(c1ccc(NCCC(=O)N(CCO)CCO)cc1)c1ccc(NCCC(=O)N(CCO)CCO)cc1.Cn1c2ccc(NCCC(=O)N(CCO)CCO)cc2c2cc(NCCC(=O)N(CCO)CCO)ccc21.O=C(CCN(CCO)CCO)N1CCN(C(=O)CCN(CCO)CCO)CC1. The third kappa shape index (κ3) is 30.9. The number of aromatic nitrogens is 1. The smallest absolute Gasteiger partial charge is 0.224 e. The zero-order valence-corrected chi connectivity index (χ0v) is 60.7. The number of benzene rings is 4. The van der Waals surface area contributed by atoms with Crippen LogP contribution in [0.1, 0.15) is 38.5 Å². The summed E-state index contributed by atoms with van der Waals surface area (Å²) in [6.07, 6.45) is 1.67. The Morgan fingerprint density at radius 2 is 0.567 bits per heavy atom. The topological polar surface area (TPSA) is 427 Å². The lowest BCUT2D eigenvalue weighted by atomic mass is 10.1. The highest BCUT2D eigenvalue weighted by atomic mass is 16.3. The Labute approximate surface area is 609 Å². The first-order valence-corrected chi connectivity index (χ1v) is 35.7. The van der Waals surface area contributed by atoms with Gasteiger partial charge in [0.05, 0.1) is 79.3 Å². The number of aliphatic hydroxyl groups is 12. The Kier molecular flexibility index (Phi) is 43.5. The average Bonchev–Trinajstić information content (AvgIpc) is 1.61. The van der Waals surface area contributed by atoms with Crippen LogP contribution in [0.15, 0.2) is 84.9 Å². The van der Waals surface area contributed by atoms with Gasteiger partial charge in [-0.15, -0.1) is 0 Å². The molecule has 32 heteroatoms. The fraction of sp³-hybridized carbons (Fsp3) is 0.583. The lowest BCUT2D eigenvalue weighted by Crippen LogP contribution is -2.51. The number of carbonyl (C=O) groups excluding carboxylic acids is 6. The number of carbonyl (C=O) groups is 6. The molecule has 1 aromatic heterocycles. The van der Waals surface area contributed by atoms with Gasteiger partial charge < -0.3 is 121 Å². The first kappa shape index (κ1) is 88.3. The van der Waals surface area contributed by atoms with Crippen LogP contribution in [0.4, 0.5) is 34.1 Å². The summed E-state index contributed by atoms with van der Waals surface area (Å²) in [6.45, 7) is 6.98. The van der Waals surface area contributed by atoms with Gasteiger partial charge >= 0.3 is 0 Å². The van der Waals surface area contributed by atoms with Gasteiger partial charge in [0.2, 0.25) is 35.4 Å². The number of hydrogen-bond donors (Lipinski definition) is 16. The molecule has 0 bridgehead atoms. The number of nitrogens with zero attached hydrogens (tertiary/aromatic N) is 10. The van der Waals surface area contributed by atoms with Gasteiger partial charge in [0.1, 0.15) is 0 Å². The van der Waals surface area contributed by atoms with Crippen molar-refractivity contribution in [3.8, 4) is 0 Å². The van der Waals surface area contributed by atoms with Crippen molar-refractivity contribution in [3.05, 3.63) is 84.9 Å². The summed E-state index contributed by atoms with van der Waals surface area (Å²) in [6, 6.07) is 27.8. The van der Waals surface area contributed by atoms with E-state index in [0.29, 0.717) is 104 Å². The third-order valence-corrected chi connectivity index (χ3v) is 17.5. The molecule has 6 rings (SSSR count). The van der Waals surface area contributed by atoms with Crippen LogP contribution in [0.2, 0.25) is 0 Å². The van der Waals surface area contributed by atoms with Crippen molar-refractivity contribution in [2.45, 2.75) is 38.5 Å². The summed E-state index contributed by atoms with van der Waals surface area (Å²) >= 11 is 0. The summed E-state index contributed by atoms with van der Waals surface area (Å²) in [4.78, 5) is 89.0. The Morgan fingerprint density at radius 3 is 0.817 bits per heavy atom. The van der Waals surface area contributed by atoms with E-state index in [1.165, 1.54) is 19.6 Å². The minimum absolute atomic E-state index is 0.0109. The van der Waals surface area contributed by atoms with Crippen LogP contribution in [-0.2, 0) is 35.8 Å². The van der Waals surface area contributed by atoms with Gasteiger partial charge in [-0.25, -0.2) is 0 Å². The van der Waals surface area contributed by atoms with Crippen LogP contribution in [0.3, 0.4) is 0 Å². The third-order valence-electron chi connectivity index (χ3n) is 17.5. The maximum absolute atomic E-state index is 12.4. The zero-order chi connectivity index (χ0) is 76.0. The van der Waals surface area contributed by atoms with Crippen molar-refractivity contribution in [1.82, 2.24) is 43.8 Å². The predicted molar refractivity (Wildman–Crippen MR) is 400 cm³/mol. The molecular formula is C72H116N14O18. The van der Waals surface area contributed by atoms with Crippen molar-refractivity contribution in [2.24, 2.45) is 7.05 Å². The van der Waals surface area contributed by atoms with E-state index >= 15 is 0 Å². The quantitative estimate of drug-likeness (QED) is 0.0205. The van der Waals surface area contributed by atoms with E-state index in [2.05, 4.69) is 38.0 Å². The second-order valence-electron chi connectivity index (χ2n) is 24.5. The molecule has 0 spiro atoms. The molecule has 6 amide bonds. The van der Waals surface area contributed by atoms with E-state index < -0.39 is 0 Å². The molecule has 0 radical (unpaired) electrons. The molecule has 0 unspecified atom stereocenters. The van der Waals surface area contributed by atoms with Crippen molar-refractivity contribution >= 4 is 91.4 Å². The second kappa shape index (κ2) is 51.2. The highest BCUT2D eigenvalue weighted by Crippen LogP contribution is 2.33. The molecule has 1 aliphatic rings. The average molecular weight is 1470 g/mol. The van der Waals surface area contributed by atoms with Crippen molar-refractivity contribution in [3.63, 3.8) is 0 Å². The molecular weight excluding hydrogens is 1350 g/mol. The summed E-state index contributed by atoms with van der Waals surface area (Å²) < 4.78 is 2.12. The van der Waals surface area contributed by atoms with Gasteiger partial charge in [-0.3, -0.25) is 38.6 Å². The van der Waals surface area contributed by atoms with Gasteiger partial charge in [0.15, 0.2) is 0 Å². The van der Waals surface area contributed by atoms with Crippen LogP contribution in [0.5, 0.6) is 0 Å². The lowest BCUT2D eigenvalue weighted by Gasteiger charge is -2.35. The molecule has 32 nitrogen and oxygen atoms in total. The van der Waals surface area contributed by atoms with Crippen LogP contribution in [0, 0.1) is 0 Å². The second-order valence-corrected chi connectivity index (χ2v) is 24.5. The molecule has 1 fully saturated rings. The van der Waals surface area contributed by atoms with Crippen LogP contribution in [-0.4, -0.2) is 371 Å².